The number of carbonyl (C=O) groups excluding carboxylic acids is 1. The molecule has 1 fully saturated rings. The van der Waals surface area contributed by atoms with Crippen molar-refractivity contribution in [3.05, 3.63) is 28.8 Å². The lowest BCUT2D eigenvalue weighted by Crippen LogP contribution is -2.39. The van der Waals surface area contributed by atoms with E-state index < -0.39 is 0 Å². The van der Waals surface area contributed by atoms with Gasteiger partial charge in [-0.15, -0.1) is 0 Å². The number of hydrogen-bond donors (Lipinski definition) is 1. The van der Waals surface area contributed by atoms with Crippen molar-refractivity contribution in [3.63, 3.8) is 0 Å². The van der Waals surface area contributed by atoms with Crippen LogP contribution in [0.3, 0.4) is 0 Å². The number of rotatable bonds is 5. The summed E-state index contributed by atoms with van der Waals surface area (Å²) in [6.45, 7) is 4.07. The maximum atomic E-state index is 12.3. The van der Waals surface area contributed by atoms with Crippen molar-refractivity contribution in [2.75, 3.05) is 14.2 Å². The molecule has 1 N–H and O–H groups in total. The number of hydrogen-bond acceptors (Lipinski definition) is 3. The summed E-state index contributed by atoms with van der Waals surface area (Å²) in [7, 11) is 3.41. The van der Waals surface area contributed by atoms with Gasteiger partial charge in [0.25, 0.3) is 0 Å². The highest BCUT2D eigenvalue weighted by Gasteiger charge is 2.22. The van der Waals surface area contributed by atoms with Gasteiger partial charge in [0, 0.05) is 18.7 Å². The van der Waals surface area contributed by atoms with Crippen molar-refractivity contribution in [1.82, 2.24) is 5.32 Å². The quantitative estimate of drug-likeness (QED) is 0.910. The molecule has 1 aliphatic carbocycles. The van der Waals surface area contributed by atoms with Crippen molar-refractivity contribution in [3.8, 4) is 5.75 Å². The molecule has 1 saturated carbocycles. The van der Waals surface area contributed by atoms with Gasteiger partial charge < -0.3 is 14.8 Å². The van der Waals surface area contributed by atoms with Crippen LogP contribution in [0.25, 0.3) is 0 Å². The van der Waals surface area contributed by atoms with Crippen molar-refractivity contribution < 1.29 is 14.3 Å². The maximum absolute atomic E-state index is 12.3. The Kier molecular flexibility index (Phi) is 5.83. The molecule has 0 atom stereocenters. The van der Waals surface area contributed by atoms with Gasteiger partial charge in [-0.2, -0.15) is 0 Å². The van der Waals surface area contributed by atoms with E-state index in [1.54, 1.807) is 14.2 Å². The molecule has 0 spiro atoms. The Bertz CT molecular complexity index is 519. The molecule has 0 saturated heterocycles. The zero-order valence-electron chi connectivity index (χ0n) is 14.1. The molecule has 4 nitrogen and oxygen atoms in total. The van der Waals surface area contributed by atoms with Crippen LogP contribution in [0.5, 0.6) is 5.75 Å². The molecular formula is C18H27NO3. The molecule has 0 aromatic heterocycles. The van der Waals surface area contributed by atoms with Crippen LogP contribution in [-0.2, 0) is 16.0 Å². The summed E-state index contributed by atoms with van der Waals surface area (Å²) in [5, 5.41) is 3.16. The van der Waals surface area contributed by atoms with Crippen molar-refractivity contribution in [2.24, 2.45) is 0 Å². The molecule has 2 rings (SSSR count). The SMILES string of the molecule is COc1cc(C)cc(C)c1CC(=O)NC1CCC(OC)CC1. The number of nitrogens with one attached hydrogen (secondary N) is 1. The van der Waals surface area contributed by atoms with Crippen LogP contribution in [-0.4, -0.2) is 32.3 Å². The van der Waals surface area contributed by atoms with E-state index in [0.717, 1.165) is 48.1 Å². The smallest absolute Gasteiger partial charge is 0.224 e. The second-order valence-electron chi connectivity index (χ2n) is 6.22. The van der Waals surface area contributed by atoms with E-state index in [4.69, 9.17) is 9.47 Å². The molecule has 122 valence electrons. The maximum Gasteiger partial charge on any atom is 0.224 e. The number of methoxy groups -OCH3 is 2. The third-order valence-corrected chi connectivity index (χ3v) is 4.51. The summed E-state index contributed by atoms with van der Waals surface area (Å²) in [6, 6.07) is 4.35. The minimum atomic E-state index is 0.0751. The lowest BCUT2D eigenvalue weighted by molar-refractivity contribution is -0.121. The monoisotopic (exact) mass is 305 g/mol. The van der Waals surface area contributed by atoms with E-state index in [9.17, 15) is 4.79 Å². The van der Waals surface area contributed by atoms with Crippen molar-refractivity contribution in [1.29, 1.82) is 0 Å². The van der Waals surface area contributed by atoms with Crippen molar-refractivity contribution >= 4 is 5.91 Å². The number of benzene rings is 1. The molecule has 0 heterocycles. The first-order valence-electron chi connectivity index (χ1n) is 7.99. The van der Waals surface area contributed by atoms with Gasteiger partial charge in [-0.3, -0.25) is 4.79 Å². The van der Waals surface area contributed by atoms with Crippen LogP contribution < -0.4 is 10.1 Å². The van der Waals surface area contributed by atoms with Crippen LogP contribution >= 0.6 is 0 Å². The summed E-state index contributed by atoms with van der Waals surface area (Å²) in [5.74, 6) is 0.877. The van der Waals surface area contributed by atoms with Crippen LogP contribution in [0.4, 0.5) is 0 Å². The molecule has 4 heteroatoms. The van der Waals surface area contributed by atoms with Gasteiger partial charge in [-0.25, -0.2) is 0 Å². The molecule has 0 bridgehead atoms. The molecule has 1 amide bonds. The highest BCUT2D eigenvalue weighted by atomic mass is 16.5. The Labute approximate surface area is 133 Å². The van der Waals surface area contributed by atoms with Gasteiger partial charge in [-0.1, -0.05) is 6.07 Å². The average molecular weight is 305 g/mol. The molecule has 1 aromatic carbocycles. The van der Waals surface area contributed by atoms with Gasteiger partial charge in [0.05, 0.1) is 19.6 Å². The predicted octanol–water partition coefficient (Wildman–Crippen LogP) is 2.93. The van der Waals surface area contributed by atoms with E-state index in [0.29, 0.717) is 12.5 Å². The summed E-state index contributed by atoms with van der Waals surface area (Å²) >= 11 is 0. The Morgan fingerprint density at radius 1 is 1.18 bits per heavy atom. The van der Waals surface area contributed by atoms with Crippen molar-refractivity contribution in [2.45, 2.75) is 58.1 Å². The minimum Gasteiger partial charge on any atom is -0.496 e. The molecular weight excluding hydrogens is 278 g/mol. The van der Waals surface area contributed by atoms with Gasteiger partial charge >= 0.3 is 0 Å². The van der Waals surface area contributed by atoms with Crippen LogP contribution in [0.2, 0.25) is 0 Å². The fourth-order valence-corrected chi connectivity index (χ4v) is 3.25. The lowest BCUT2D eigenvalue weighted by Gasteiger charge is -2.28. The summed E-state index contributed by atoms with van der Waals surface area (Å²) in [4.78, 5) is 12.3. The average Bonchev–Trinajstić information content (AvgIpc) is 2.50. The van der Waals surface area contributed by atoms with Crippen LogP contribution in [0.1, 0.15) is 42.4 Å². The Morgan fingerprint density at radius 3 is 2.45 bits per heavy atom. The topological polar surface area (TPSA) is 47.6 Å². The predicted molar refractivity (Wildman–Crippen MR) is 87.4 cm³/mol. The van der Waals surface area contributed by atoms with E-state index in [1.165, 1.54) is 0 Å². The van der Waals surface area contributed by atoms with E-state index in [1.807, 2.05) is 19.9 Å². The first kappa shape index (κ1) is 16.8. The number of ether oxygens (including phenoxy) is 2. The summed E-state index contributed by atoms with van der Waals surface area (Å²) in [6.07, 6.45) is 4.76. The standard InChI is InChI=1S/C18H27NO3/c1-12-9-13(2)16(17(10-12)22-4)11-18(20)19-14-5-7-15(21-3)8-6-14/h9-10,14-15H,5-8,11H2,1-4H3,(H,19,20). The van der Waals surface area contributed by atoms with Crippen LogP contribution in [0, 0.1) is 13.8 Å². The summed E-state index contributed by atoms with van der Waals surface area (Å²) in [5.41, 5.74) is 3.24. The molecule has 0 aliphatic heterocycles. The van der Waals surface area contributed by atoms with E-state index in [2.05, 4.69) is 11.4 Å². The third kappa shape index (κ3) is 4.23. The number of carbonyl (C=O) groups is 1. The fraction of sp³-hybridized carbons (Fsp3) is 0.611. The normalized spacial score (nSPS) is 21.5. The number of amides is 1. The first-order valence-corrected chi connectivity index (χ1v) is 7.99. The molecule has 22 heavy (non-hydrogen) atoms. The van der Waals surface area contributed by atoms with Gasteiger partial charge in [-0.05, 0) is 56.7 Å². The fourth-order valence-electron chi connectivity index (χ4n) is 3.25. The molecule has 0 unspecified atom stereocenters. The molecule has 1 aliphatic rings. The van der Waals surface area contributed by atoms with Crippen LogP contribution in [0.15, 0.2) is 12.1 Å². The largest absolute Gasteiger partial charge is 0.496 e. The van der Waals surface area contributed by atoms with Gasteiger partial charge in [0.2, 0.25) is 5.91 Å². The summed E-state index contributed by atoms with van der Waals surface area (Å²) < 4.78 is 10.8. The Hall–Kier alpha value is -1.55. The Morgan fingerprint density at radius 2 is 1.86 bits per heavy atom. The second-order valence-corrected chi connectivity index (χ2v) is 6.22. The highest BCUT2D eigenvalue weighted by molar-refractivity contribution is 5.80. The third-order valence-electron chi connectivity index (χ3n) is 4.51. The zero-order valence-corrected chi connectivity index (χ0v) is 14.1. The van der Waals surface area contributed by atoms with Gasteiger partial charge in [0.1, 0.15) is 5.75 Å². The first-order chi connectivity index (χ1) is 10.5. The highest BCUT2D eigenvalue weighted by Crippen LogP contribution is 2.25. The lowest BCUT2D eigenvalue weighted by atomic mass is 9.92. The Balaban J connectivity index is 1.95. The zero-order chi connectivity index (χ0) is 16.1. The molecule has 1 aromatic rings. The van der Waals surface area contributed by atoms with E-state index >= 15 is 0 Å². The number of aryl methyl sites for hydroxylation is 2. The second kappa shape index (κ2) is 7.63. The minimum absolute atomic E-state index is 0.0751. The molecule has 0 radical (unpaired) electrons. The van der Waals surface area contributed by atoms with E-state index in [-0.39, 0.29) is 11.9 Å². The van der Waals surface area contributed by atoms with Gasteiger partial charge in [0.15, 0.2) is 0 Å².